The molecule has 2 atom stereocenters. The minimum Gasteiger partial charge on any atom is -0.337 e. The maximum atomic E-state index is 13.2. The van der Waals surface area contributed by atoms with Crippen molar-refractivity contribution in [2.24, 2.45) is 0 Å². The second-order valence-electron chi connectivity index (χ2n) is 7.41. The predicted molar refractivity (Wildman–Crippen MR) is 106 cm³/mol. The minimum atomic E-state index is 0.112. The molecule has 138 valence electrons. The van der Waals surface area contributed by atoms with Crippen molar-refractivity contribution in [3.05, 3.63) is 76.0 Å². The number of hydrogen-bond acceptors (Lipinski definition) is 4. The highest BCUT2D eigenvalue weighted by atomic mass is 32.1. The molecule has 0 aromatic carbocycles. The Morgan fingerprint density at radius 1 is 1.11 bits per heavy atom. The van der Waals surface area contributed by atoms with Crippen LogP contribution in [0.4, 0.5) is 0 Å². The Labute approximate surface area is 162 Å². The van der Waals surface area contributed by atoms with Crippen LogP contribution >= 0.6 is 11.3 Å². The van der Waals surface area contributed by atoms with Crippen LogP contribution in [-0.4, -0.2) is 44.4 Å². The van der Waals surface area contributed by atoms with Crippen molar-refractivity contribution in [3.8, 4) is 0 Å². The highest BCUT2D eigenvalue weighted by Crippen LogP contribution is 2.35. The molecule has 0 N–H and O–H groups in total. The van der Waals surface area contributed by atoms with Crippen LogP contribution in [0.2, 0.25) is 0 Å². The maximum Gasteiger partial charge on any atom is 0.271 e. The van der Waals surface area contributed by atoms with E-state index in [9.17, 15) is 4.79 Å². The molecule has 1 amide bonds. The van der Waals surface area contributed by atoms with E-state index < -0.39 is 0 Å². The monoisotopic (exact) mass is 378 g/mol. The van der Waals surface area contributed by atoms with Gasteiger partial charge >= 0.3 is 0 Å². The molecule has 2 aliphatic rings. The first kappa shape index (κ1) is 16.7. The number of aromatic nitrogens is 2. The van der Waals surface area contributed by atoms with E-state index in [2.05, 4.69) is 39.0 Å². The van der Waals surface area contributed by atoms with Crippen LogP contribution in [-0.2, 0) is 13.1 Å². The number of rotatable bonds is 4. The van der Waals surface area contributed by atoms with Gasteiger partial charge in [-0.05, 0) is 48.2 Å². The Bertz CT molecular complexity index is 963. The number of amides is 1. The van der Waals surface area contributed by atoms with Gasteiger partial charge in [0, 0.05) is 36.9 Å². The van der Waals surface area contributed by atoms with E-state index in [0.29, 0.717) is 12.6 Å². The molecule has 27 heavy (non-hydrogen) atoms. The van der Waals surface area contributed by atoms with Crippen molar-refractivity contribution >= 4 is 17.2 Å². The van der Waals surface area contributed by atoms with Gasteiger partial charge < -0.3 is 9.47 Å². The summed E-state index contributed by atoms with van der Waals surface area (Å²) in [5, 5.41) is 2.16. The van der Waals surface area contributed by atoms with Gasteiger partial charge in [-0.25, -0.2) is 0 Å². The normalized spacial score (nSPS) is 22.1. The molecule has 0 unspecified atom stereocenters. The Balaban J connectivity index is 1.45. The number of fused-ring (bicyclic) bond motifs is 3. The lowest BCUT2D eigenvalue weighted by molar-refractivity contribution is 0.0553. The summed E-state index contributed by atoms with van der Waals surface area (Å²) in [6.07, 6.45) is 3.85. The number of carbonyl (C=O) groups excluding carboxylic acids is 1. The lowest BCUT2D eigenvalue weighted by Crippen LogP contribution is -2.49. The van der Waals surface area contributed by atoms with Crippen molar-refractivity contribution in [1.82, 2.24) is 19.4 Å². The van der Waals surface area contributed by atoms with Crippen LogP contribution in [0.1, 0.15) is 32.7 Å². The second kappa shape index (κ2) is 6.62. The number of nitrogens with zero attached hydrogens (tertiary/aromatic N) is 4. The zero-order valence-corrected chi connectivity index (χ0v) is 16.1. The smallest absolute Gasteiger partial charge is 0.271 e. The number of hydrogen-bond donors (Lipinski definition) is 0. The topological polar surface area (TPSA) is 41.4 Å². The summed E-state index contributed by atoms with van der Waals surface area (Å²) in [5.74, 6) is 0.112. The molecule has 1 fully saturated rings. The van der Waals surface area contributed by atoms with E-state index in [-0.39, 0.29) is 11.9 Å². The zero-order valence-electron chi connectivity index (χ0n) is 15.3. The largest absolute Gasteiger partial charge is 0.337 e. The molecule has 5 nitrogen and oxygen atoms in total. The van der Waals surface area contributed by atoms with Gasteiger partial charge in [-0.15, -0.1) is 11.3 Å². The zero-order chi connectivity index (χ0) is 18.4. The summed E-state index contributed by atoms with van der Waals surface area (Å²) in [5.41, 5.74) is 3.09. The number of thiophene rings is 1. The van der Waals surface area contributed by atoms with Gasteiger partial charge in [0.1, 0.15) is 5.69 Å². The summed E-state index contributed by atoms with van der Waals surface area (Å²) in [6.45, 7) is 5.57. The van der Waals surface area contributed by atoms with Gasteiger partial charge in [0.05, 0.1) is 24.3 Å². The number of aryl methyl sites for hydroxylation is 1. The predicted octanol–water partition coefficient (Wildman–Crippen LogP) is 3.33. The van der Waals surface area contributed by atoms with E-state index in [1.165, 1.54) is 10.4 Å². The van der Waals surface area contributed by atoms with Gasteiger partial charge in [0.15, 0.2) is 0 Å². The van der Waals surface area contributed by atoms with Gasteiger partial charge in [0.25, 0.3) is 5.91 Å². The Kier molecular flexibility index (Phi) is 4.10. The lowest BCUT2D eigenvalue weighted by Gasteiger charge is -2.38. The summed E-state index contributed by atoms with van der Waals surface area (Å²) >= 11 is 1.82. The average molecular weight is 379 g/mol. The third kappa shape index (κ3) is 2.89. The van der Waals surface area contributed by atoms with Gasteiger partial charge in [-0.3, -0.25) is 14.7 Å². The van der Waals surface area contributed by atoms with E-state index >= 15 is 0 Å². The molecule has 5 rings (SSSR count). The second-order valence-corrected chi connectivity index (χ2v) is 8.41. The molecule has 0 saturated carbocycles. The third-order valence-electron chi connectivity index (χ3n) is 5.75. The summed E-state index contributed by atoms with van der Waals surface area (Å²) in [6, 6.07) is 12.5. The van der Waals surface area contributed by atoms with E-state index in [1.807, 2.05) is 46.6 Å². The molecule has 0 aliphatic carbocycles. The van der Waals surface area contributed by atoms with E-state index in [4.69, 9.17) is 0 Å². The number of pyridine rings is 1. The van der Waals surface area contributed by atoms with Crippen molar-refractivity contribution in [2.75, 3.05) is 13.1 Å². The lowest BCUT2D eigenvalue weighted by atomic mass is 10.1. The minimum absolute atomic E-state index is 0.112. The van der Waals surface area contributed by atoms with Crippen LogP contribution in [0.5, 0.6) is 0 Å². The molecule has 1 saturated heterocycles. The Morgan fingerprint density at radius 2 is 2.00 bits per heavy atom. The van der Waals surface area contributed by atoms with Crippen molar-refractivity contribution in [1.29, 1.82) is 0 Å². The standard InChI is InChI=1S/C21H22N4OS/c1-15-7-10-27-20(15)14-23-12-18-19(13-23)25(11-16-5-2-3-8-22-16)21(26)17-6-4-9-24(17)18/h2-10,18-19H,11-14H2,1H3/t18-,19-/m0/s1. The molecule has 3 aromatic rings. The molecule has 6 heteroatoms. The third-order valence-corrected chi connectivity index (χ3v) is 6.75. The molecule has 2 aliphatic heterocycles. The van der Waals surface area contributed by atoms with Gasteiger partial charge in [-0.2, -0.15) is 0 Å². The summed E-state index contributed by atoms with van der Waals surface area (Å²) in [7, 11) is 0. The Hall–Kier alpha value is -2.44. The fourth-order valence-corrected chi connectivity index (χ4v) is 5.29. The molecule has 0 bridgehead atoms. The number of likely N-dealkylation sites (tertiary alicyclic amines) is 1. The van der Waals surface area contributed by atoms with Crippen LogP contribution < -0.4 is 0 Å². The fourth-order valence-electron chi connectivity index (χ4n) is 4.34. The molecule has 3 aromatic heterocycles. The van der Waals surface area contributed by atoms with E-state index in [0.717, 1.165) is 31.0 Å². The quantitative estimate of drug-likeness (QED) is 0.699. The van der Waals surface area contributed by atoms with Crippen LogP contribution in [0, 0.1) is 6.92 Å². The first-order valence-corrected chi connectivity index (χ1v) is 10.2. The molecule has 5 heterocycles. The first-order chi connectivity index (χ1) is 13.2. The molecule has 0 radical (unpaired) electrons. The Morgan fingerprint density at radius 3 is 2.78 bits per heavy atom. The van der Waals surface area contributed by atoms with Crippen molar-refractivity contribution < 1.29 is 4.79 Å². The highest BCUT2D eigenvalue weighted by molar-refractivity contribution is 7.10. The SMILES string of the molecule is Cc1ccsc1CN1C[C@H]2[C@H](C1)n1cccc1C(=O)N2Cc1ccccn1. The van der Waals surface area contributed by atoms with Crippen LogP contribution in [0.25, 0.3) is 0 Å². The maximum absolute atomic E-state index is 13.2. The summed E-state index contributed by atoms with van der Waals surface area (Å²) < 4.78 is 2.18. The van der Waals surface area contributed by atoms with Crippen molar-refractivity contribution in [2.45, 2.75) is 32.1 Å². The van der Waals surface area contributed by atoms with Crippen molar-refractivity contribution in [3.63, 3.8) is 0 Å². The molecular formula is C21H22N4OS. The van der Waals surface area contributed by atoms with Crippen LogP contribution in [0.3, 0.4) is 0 Å². The first-order valence-electron chi connectivity index (χ1n) is 9.34. The van der Waals surface area contributed by atoms with Gasteiger partial charge in [-0.1, -0.05) is 6.07 Å². The molecule has 0 spiro atoms. The highest BCUT2D eigenvalue weighted by Gasteiger charge is 2.45. The summed E-state index contributed by atoms with van der Waals surface area (Å²) in [4.78, 5) is 23.5. The molecular weight excluding hydrogens is 356 g/mol. The average Bonchev–Trinajstić information content (AvgIpc) is 3.40. The van der Waals surface area contributed by atoms with E-state index in [1.54, 1.807) is 6.20 Å². The van der Waals surface area contributed by atoms with Crippen LogP contribution in [0.15, 0.2) is 54.2 Å². The van der Waals surface area contributed by atoms with Gasteiger partial charge in [0.2, 0.25) is 0 Å². The fraction of sp³-hybridized carbons (Fsp3) is 0.333. The number of carbonyl (C=O) groups is 1.